The first-order valence-corrected chi connectivity index (χ1v) is 6.47. The fourth-order valence-corrected chi connectivity index (χ4v) is 1.88. The molecule has 0 radical (unpaired) electrons. The van der Waals surface area contributed by atoms with Crippen molar-refractivity contribution in [1.29, 1.82) is 0 Å². The number of hydrogen-bond acceptors (Lipinski definition) is 3. The zero-order valence-electron chi connectivity index (χ0n) is 11.8. The van der Waals surface area contributed by atoms with E-state index in [1.807, 2.05) is 43.3 Å². The molecule has 0 fully saturated rings. The van der Waals surface area contributed by atoms with E-state index in [0.717, 1.165) is 11.3 Å². The smallest absolute Gasteiger partial charge is 0.129 e. The van der Waals surface area contributed by atoms with Gasteiger partial charge < -0.3 is 15.4 Å². The van der Waals surface area contributed by atoms with Gasteiger partial charge in [0.1, 0.15) is 18.2 Å². The van der Waals surface area contributed by atoms with Crippen LogP contribution in [0, 0.1) is 5.82 Å². The lowest BCUT2D eigenvalue weighted by molar-refractivity contribution is 0.300. The van der Waals surface area contributed by atoms with Gasteiger partial charge in [-0.2, -0.15) is 0 Å². The Balaban J connectivity index is 2.10. The van der Waals surface area contributed by atoms with Gasteiger partial charge in [0.25, 0.3) is 0 Å². The van der Waals surface area contributed by atoms with Crippen molar-refractivity contribution in [2.24, 2.45) is 5.73 Å². The second kappa shape index (κ2) is 6.39. The molecule has 3 nitrogen and oxygen atoms in total. The third-order valence-electron chi connectivity index (χ3n) is 3.07. The molecule has 2 aromatic carbocycles. The van der Waals surface area contributed by atoms with Gasteiger partial charge in [0, 0.05) is 38.0 Å². The molecule has 2 rings (SSSR count). The summed E-state index contributed by atoms with van der Waals surface area (Å²) in [6, 6.07) is 12.5. The lowest BCUT2D eigenvalue weighted by Crippen LogP contribution is -2.08. The topological polar surface area (TPSA) is 38.5 Å². The van der Waals surface area contributed by atoms with Crippen LogP contribution in [0.15, 0.2) is 42.5 Å². The molecule has 0 aliphatic rings. The molecule has 0 saturated carbocycles. The molecule has 0 amide bonds. The van der Waals surface area contributed by atoms with Gasteiger partial charge in [-0.05, 0) is 29.8 Å². The first-order valence-electron chi connectivity index (χ1n) is 6.47. The summed E-state index contributed by atoms with van der Waals surface area (Å²) >= 11 is 0. The highest BCUT2D eigenvalue weighted by Gasteiger charge is 2.05. The summed E-state index contributed by atoms with van der Waals surface area (Å²) in [4.78, 5) is 1.99. The number of halogens is 1. The number of ether oxygens (including phenoxy) is 1. The Morgan fingerprint density at radius 3 is 2.65 bits per heavy atom. The van der Waals surface area contributed by atoms with E-state index in [1.54, 1.807) is 12.1 Å². The Hall–Kier alpha value is -2.07. The maximum absolute atomic E-state index is 13.7. The van der Waals surface area contributed by atoms with Gasteiger partial charge in [0.15, 0.2) is 0 Å². The summed E-state index contributed by atoms with van der Waals surface area (Å²) in [5.74, 6) is 0.444. The van der Waals surface area contributed by atoms with Crippen LogP contribution in [0.4, 0.5) is 10.1 Å². The van der Waals surface area contributed by atoms with Gasteiger partial charge in [0.05, 0.1) is 0 Å². The van der Waals surface area contributed by atoms with Gasteiger partial charge in [-0.1, -0.05) is 12.1 Å². The van der Waals surface area contributed by atoms with Gasteiger partial charge >= 0.3 is 0 Å². The minimum absolute atomic E-state index is 0.191. The first-order chi connectivity index (χ1) is 9.60. The predicted octanol–water partition coefficient (Wildman–Crippen LogP) is 2.93. The fraction of sp³-hybridized carbons (Fsp3) is 0.250. The maximum Gasteiger partial charge on any atom is 0.129 e. The average molecular weight is 274 g/mol. The number of hydrogen-bond donors (Lipinski definition) is 1. The zero-order chi connectivity index (χ0) is 14.5. The van der Waals surface area contributed by atoms with Crippen molar-refractivity contribution in [1.82, 2.24) is 0 Å². The SMILES string of the molecule is CN(C)c1cccc(OCc2cc(CN)ccc2F)c1. The Kier molecular flexibility index (Phi) is 4.58. The molecule has 0 atom stereocenters. The monoisotopic (exact) mass is 274 g/mol. The van der Waals surface area contributed by atoms with Crippen LogP contribution in [0.2, 0.25) is 0 Å². The number of nitrogens with zero attached hydrogens (tertiary/aromatic N) is 1. The van der Waals surface area contributed by atoms with E-state index >= 15 is 0 Å². The zero-order valence-corrected chi connectivity index (χ0v) is 11.8. The molecule has 2 N–H and O–H groups in total. The highest BCUT2D eigenvalue weighted by atomic mass is 19.1. The van der Waals surface area contributed by atoms with Crippen molar-refractivity contribution in [3.63, 3.8) is 0 Å². The molecule has 0 spiro atoms. The molecule has 0 bridgehead atoms. The van der Waals surface area contributed by atoms with Crippen LogP contribution in [0.3, 0.4) is 0 Å². The molecule has 0 unspecified atom stereocenters. The van der Waals surface area contributed by atoms with Crippen molar-refractivity contribution >= 4 is 5.69 Å². The van der Waals surface area contributed by atoms with Crippen molar-refractivity contribution in [3.8, 4) is 5.75 Å². The van der Waals surface area contributed by atoms with Crippen molar-refractivity contribution in [3.05, 3.63) is 59.4 Å². The van der Waals surface area contributed by atoms with Gasteiger partial charge in [0.2, 0.25) is 0 Å². The number of anilines is 1. The third-order valence-corrected chi connectivity index (χ3v) is 3.07. The van der Waals surface area contributed by atoms with Crippen LogP contribution in [-0.2, 0) is 13.2 Å². The molecular formula is C16H19FN2O. The molecule has 0 saturated heterocycles. The lowest BCUT2D eigenvalue weighted by atomic mass is 10.1. The summed E-state index contributed by atoms with van der Waals surface area (Å²) in [5.41, 5.74) is 8.01. The number of benzene rings is 2. The van der Waals surface area contributed by atoms with Crippen LogP contribution in [0.1, 0.15) is 11.1 Å². The van der Waals surface area contributed by atoms with E-state index < -0.39 is 0 Å². The quantitative estimate of drug-likeness (QED) is 0.911. The van der Waals surface area contributed by atoms with Gasteiger partial charge in [-0.25, -0.2) is 4.39 Å². The lowest BCUT2D eigenvalue weighted by Gasteiger charge is -2.14. The molecule has 106 valence electrons. The molecule has 0 aliphatic carbocycles. The minimum atomic E-state index is -0.272. The summed E-state index contributed by atoms with van der Waals surface area (Å²) in [6.07, 6.45) is 0. The highest BCUT2D eigenvalue weighted by Crippen LogP contribution is 2.21. The van der Waals surface area contributed by atoms with E-state index in [4.69, 9.17) is 10.5 Å². The second-order valence-corrected chi connectivity index (χ2v) is 4.81. The summed E-state index contributed by atoms with van der Waals surface area (Å²) in [5, 5.41) is 0. The summed E-state index contributed by atoms with van der Waals surface area (Å²) in [6.45, 7) is 0.583. The van der Waals surface area contributed by atoms with E-state index in [-0.39, 0.29) is 12.4 Å². The number of rotatable bonds is 5. The molecule has 4 heteroatoms. The third kappa shape index (κ3) is 3.48. The summed E-state index contributed by atoms with van der Waals surface area (Å²) in [7, 11) is 3.92. The summed E-state index contributed by atoms with van der Waals surface area (Å²) < 4.78 is 19.3. The largest absolute Gasteiger partial charge is 0.489 e. The number of nitrogens with two attached hydrogens (primary N) is 1. The van der Waals surface area contributed by atoms with E-state index in [0.29, 0.717) is 17.9 Å². The van der Waals surface area contributed by atoms with Crippen molar-refractivity contribution in [2.45, 2.75) is 13.2 Å². The van der Waals surface area contributed by atoms with Crippen molar-refractivity contribution < 1.29 is 9.13 Å². The fourth-order valence-electron chi connectivity index (χ4n) is 1.88. The predicted molar refractivity (Wildman–Crippen MR) is 79.4 cm³/mol. The van der Waals surface area contributed by atoms with E-state index in [9.17, 15) is 4.39 Å². The molecule has 0 aromatic heterocycles. The van der Waals surface area contributed by atoms with E-state index in [2.05, 4.69) is 0 Å². The van der Waals surface area contributed by atoms with E-state index in [1.165, 1.54) is 6.07 Å². The van der Waals surface area contributed by atoms with Gasteiger partial charge in [-0.3, -0.25) is 0 Å². The average Bonchev–Trinajstić information content (AvgIpc) is 2.46. The van der Waals surface area contributed by atoms with Crippen LogP contribution in [0.5, 0.6) is 5.75 Å². The Labute approximate surface area is 118 Å². The second-order valence-electron chi connectivity index (χ2n) is 4.81. The Bertz CT molecular complexity index is 584. The minimum Gasteiger partial charge on any atom is -0.489 e. The maximum atomic E-state index is 13.7. The molecule has 0 aliphatic heterocycles. The first kappa shape index (κ1) is 14.3. The Morgan fingerprint density at radius 1 is 1.15 bits per heavy atom. The Morgan fingerprint density at radius 2 is 1.95 bits per heavy atom. The molecule has 0 heterocycles. The van der Waals surface area contributed by atoms with Crippen LogP contribution in [0.25, 0.3) is 0 Å². The van der Waals surface area contributed by atoms with Crippen LogP contribution < -0.4 is 15.4 Å². The normalized spacial score (nSPS) is 10.4. The molecule has 20 heavy (non-hydrogen) atoms. The van der Waals surface area contributed by atoms with Gasteiger partial charge in [-0.15, -0.1) is 0 Å². The molecule has 2 aromatic rings. The highest BCUT2D eigenvalue weighted by molar-refractivity contribution is 5.49. The van der Waals surface area contributed by atoms with Crippen LogP contribution >= 0.6 is 0 Å². The molecular weight excluding hydrogens is 255 g/mol. The van der Waals surface area contributed by atoms with Crippen LogP contribution in [-0.4, -0.2) is 14.1 Å². The van der Waals surface area contributed by atoms with Crippen molar-refractivity contribution in [2.75, 3.05) is 19.0 Å². The standard InChI is InChI=1S/C16H19FN2O/c1-19(2)14-4-3-5-15(9-14)20-11-13-8-12(10-18)6-7-16(13)17/h3-9H,10-11,18H2,1-2H3.